The molecule has 0 atom stereocenters. The average Bonchev–Trinajstić information content (AvgIpc) is 3.18. The van der Waals surface area contributed by atoms with Gasteiger partial charge in [-0.2, -0.15) is 0 Å². The van der Waals surface area contributed by atoms with E-state index in [-0.39, 0.29) is 16.7 Å². The summed E-state index contributed by atoms with van der Waals surface area (Å²) in [6.07, 6.45) is 3.56. The van der Waals surface area contributed by atoms with Gasteiger partial charge in [-0.05, 0) is 30.7 Å². The number of fused-ring (bicyclic) bond motifs is 1. The van der Waals surface area contributed by atoms with Gasteiger partial charge < -0.3 is 4.52 Å². The first-order valence-electron chi connectivity index (χ1n) is 7.85. The van der Waals surface area contributed by atoms with Crippen molar-refractivity contribution in [2.45, 2.75) is 46.0 Å². The Labute approximate surface area is 140 Å². The largest absolute Gasteiger partial charge is 0.336 e. The zero-order chi connectivity index (χ0) is 17.7. The maximum absolute atomic E-state index is 12.5. The molecule has 7 nitrogen and oxygen atoms in total. The molecule has 1 N–H and O–H groups in total. The van der Waals surface area contributed by atoms with Crippen molar-refractivity contribution in [2.75, 3.05) is 6.26 Å². The van der Waals surface area contributed by atoms with Crippen molar-refractivity contribution in [3.05, 3.63) is 23.0 Å². The summed E-state index contributed by atoms with van der Waals surface area (Å²) in [6, 6.07) is 1.67. The van der Waals surface area contributed by atoms with E-state index >= 15 is 0 Å². The molecule has 0 spiro atoms. The number of rotatable bonds is 4. The van der Waals surface area contributed by atoms with Gasteiger partial charge in [-0.3, -0.25) is 4.79 Å². The lowest BCUT2D eigenvalue weighted by Gasteiger charge is -2.16. The number of aromatic nitrogens is 2. The summed E-state index contributed by atoms with van der Waals surface area (Å²) in [4.78, 5) is 17.0. The monoisotopic (exact) mass is 351 g/mol. The molecule has 130 valence electrons. The van der Waals surface area contributed by atoms with E-state index < -0.39 is 15.9 Å². The second-order valence-corrected chi connectivity index (χ2v) is 9.37. The van der Waals surface area contributed by atoms with Gasteiger partial charge in [0.05, 0.1) is 22.9 Å². The number of nitrogens with zero attached hydrogens (tertiary/aromatic N) is 2. The maximum atomic E-state index is 12.5. The molecule has 1 amide bonds. The quantitative estimate of drug-likeness (QED) is 0.907. The zero-order valence-corrected chi connectivity index (χ0v) is 15.0. The average molecular weight is 351 g/mol. The summed E-state index contributed by atoms with van der Waals surface area (Å²) in [5, 5.41) is 4.57. The van der Waals surface area contributed by atoms with Gasteiger partial charge in [-0.1, -0.05) is 25.9 Å². The fourth-order valence-electron chi connectivity index (χ4n) is 2.64. The molecular weight excluding hydrogens is 330 g/mol. The van der Waals surface area contributed by atoms with Crippen LogP contribution in [0.5, 0.6) is 0 Å². The Morgan fingerprint density at radius 3 is 2.58 bits per heavy atom. The molecule has 2 aromatic heterocycles. The molecule has 24 heavy (non-hydrogen) atoms. The first kappa shape index (κ1) is 16.9. The number of carbonyl (C=O) groups excluding carboxylic acids is 1. The number of nitrogens with one attached hydrogen (secondary N) is 1. The highest BCUT2D eigenvalue weighted by atomic mass is 32.2. The van der Waals surface area contributed by atoms with Gasteiger partial charge in [0, 0.05) is 11.6 Å². The third-order valence-electron chi connectivity index (χ3n) is 3.75. The Hall–Kier alpha value is -1.96. The molecule has 8 heteroatoms. The van der Waals surface area contributed by atoms with Gasteiger partial charge in [0.25, 0.3) is 11.6 Å². The standard InChI is InChI=1S/C16H21N3O4S/c1-16(2,3)8-12-13-10(14(20)19-24(4,21)22)7-11(9-5-6-9)17-15(13)23-18-12/h7,9H,5-6,8H2,1-4H3,(H,19,20). The Kier molecular flexibility index (Phi) is 3.90. The Bertz CT molecular complexity index is 905. The number of sulfonamides is 1. The molecule has 1 saturated carbocycles. The van der Waals surface area contributed by atoms with Crippen molar-refractivity contribution < 1.29 is 17.7 Å². The van der Waals surface area contributed by atoms with Crippen LogP contribution in [0.3, 0.4) is 0 Å². The number of hydrogen-bond acceptors (Lipinski definition) is 6. The molecule has 0 aliphatic heterocycles. The molecule has 0 bridgehead atoms. The van der Waals surface area contributed by atoms with Crippen LogP contribution in [0, 0.1) is 5.41 Å². The summed E-state index contributed by atoms with van der Waals surface area (Å²) in [5.41, 5.74) is 1.85. The molecule has 0 unspecified atom stereocenters. The molecule has 0 radical (unpaired) electrons. The highest BCUT2D eigenvalue weighted by Crippen LogP contribution is 2.40. The Morgan fingerprint density at radius 2 is 2.04 bits per heavy atom. The highest BCUT2D eigenvalue weighted by molar-refractivity contribution is 7.89. The van der Waals surface area contributed by atoms with Crippen molar-refractivity contribution in [2.24, 2.45) is 5.41 Å². The summed E-state index contributed by atoms with van der Waals surface area (Å²) >= 11 is 0. The van der Waals surface area contributed by atoms with Crippen molar-refractivity contribution in [1.82, 2.24) is 14.9 Å². The Morgan fingerprint density at radius 1 is 1.38 bits per heavy atom. The number of pyridine rings is 1. The van der Waals surface area contributed by atoms with Gasteiger partial charge in [-0.25, -0.2) is 18.1 Å². The van der Waals surface area contributed by atoms with E-state index in [9.17, 15) is 13.2 Å². The fraction of sp³-hybridized carbons (Fsp3) is 0.562. The van der Waals surface area contributed by atoms with Gasteiger partial charge in [0.2, 0.25) is 10.0 Å². The topological polar surface area (TPSA) is 102 Å². The van der Waals surface area contributed by atoms with Crippen molar-refractivity contribution in [1.29, 1.82) is 0 Å². The van der Waals surface area contributed by atoms with Crippen LogP contribution in [-0.4, -0.2) is 30.7 Å². The lowest BCUT2D eigenvalue weighted by molar-refractivity contribution is 0.0983. The van der Waals surface area contributed by atoms with Gasteiger partial charge in [-0.15, -0.1) is 0 Å². The minimum atomic E-state index is -3.66. The van der Waals surface area contributed by atoms with Crippen LogP contribution in [0.4, 0.5) is 0 Å². The molecule has 3 rings (SSSR count). The molecule has 1 aliphatic rings. The van der Waals surface area contributed by atoms with E-state index in [0.29, 0.717) is 23.4 Å². The fourth-order valence-corrected chi connectivity index (χ4v) is 3.09. The molecule has 1 fully saturated rings. The second kappa shape index (κ2) is 5.54. The number of hydrogen-bond donors (Lipinski definition) is 1. The van der Waals surface area contributed by atoms with E-state index in [1.54, 1.807) is 6.07 Å². The third-order valence-corrected chi connectivity index (χ3v) is 4.31. The van der Waals surface area contributed by atoms with E-state index in [1.165, 1.54) is 0 Å². The predicted octanol–water partition coefficient (Wildman–Crippen LogP) is 2.38. The number of carbonyl (C=O) groups is 1. The van der Waals surface area contributed by atoms with Crippen molar-refractivity contribution in [3.63, 3.8) is 0 Å². The zero-order valence-electron chi connectivity index (χ0n) is 14.2. The Balaban J connectivity index is 2.15. The summed E-state index contributed by atoms with van der Waals surface area (Å²) < 4.78 is 30.3. The van der Waals surface area contributed by atoms with Crippen molar-refractivity contribution in [3.8, 4) is 0 Å². The molecule has 2 heterocycles. The van der Waals surface area contributed by atoms with Crippen LogP contribution in [0.1, 0.15) is 61.3 Å². The first-order chi connectivity index (χ1) is 11.0. The third kappa shape index (κ3) is 3.75. The van der Waals surface area contributed by atoms with Crippen LogP contribution in [0.2, 0.25) is 0 Å². The van der Waals surface area contributed by atoms with Gasteiger partial charge in [0.15, 0.2) is 0 Å². The normalized spacial score (nSPS) is 15.7. The molecular formula is C16H21N3O4S. The van der Waals surface area contributed by atoms with Crippen LogP contribution in [-0.2, 0) is 16.4 Å². The molecule has 2 aromatic rings. The predicted molar refractivity (Wildman–Crippen MR) is 89.2 cm³/mol. The molecule has 1 aliphatic carbocycles. The van der Waals surface area contributed by atoms with Crippen LogP contribution >= 0.6 is 0 Å². The SMILES string of the molecule is CC(C)(C)Cc1noc2nc(C3CC3)cc(C(=O)NS(C)(=O)=O)c12. The minimum absolute atomic E-state index is 0.0659. The van der Waals surface area contributed by atoms with Crippen LogP contribution in [0.25, 0.3) is 11.1 Å². The molecule has 0 saturated heterocycles. The summed E-state index contributed by atoms with van der Waals surface area (Å²) in [6.45, 7) is 6.15. The first-order valence-corrected chi connectivity index (χ1v) is 9.74. The van der Waals surface area contributed by atoms with E-state index in [2.05, 4.69) is 30.9 Å². The van der Waals surface area contributed by atoms with E-state index in [4.69, 9.17) is 4.52 Å². The lowest BCUT2D eigenvalue weighted by Crippen LogP contribution is -2.29. The highest BCUT2D eigenvalue weighted by Gasteiger charge is 2.30. The van der Waals surface area contributed by atoms with E-state index in [0.717, 1.165) is 24.8 Å². The molecule has 0 aromatic carbocycles. The smallest absolute Gasteiger partial charge is 0.265 e. The van der Waals surface area contributed by atoms with Gasteiger partial charge >= 0.3 is 0 Å². The van der Waals surface area contributed by atoms with Crippen molar-refractivity contribution >= 4 is 27.0 Å². The lowest BCUT2D eigenvalue weighted by atomic mass is 9.89. The summed E-state index contributed by atoms with van der Waals surface area (Å²) in [7, 11) is -3.66. The van der Waals surface area contributed by atoms with E-state index in [1.807, 2.05) is 4.72 Å². The van der Waals surface area contributed by atoms with Gasteiger partial charge in [0.1, 0.15) is 0 Å². The van der Waals surface area contributed by atoms with Crippen LogP contribution in [0.15, 0.2) is 10.6 Å². The maximum Gasteiger partial charge on any atom is 0.265 e. The second-order valence-electron chi connectivity index (χ2n) is 7.62. The number of amides is 1. The van der Waals surface area contributed by atoms with Crippen LogP contribution < -0.4 is 4.72 Å². The minimum Gasteiger partial charge on any atom is -0.336 e. The summed E-state index contributed by atoms with van der Waals surface area (Å²) in [5.74, 6) is -0.375.